The number of carbonyl (C=O) groups is 2. The lowest BCUT2D eigenvalue weighted by Gasteiger charge is -2.26. The molecule has 0 saturated carbocycles. The molecule has 2 aliphatic rings. The Morgan fingerprint density at radius 2 is 1.11 bits per heavy atom. The quantitative estimate of drug-likeness (QED) is 0.0435. The van der Waals surface area contributed by atoms with Crippen molar-refractivity contribution < 1.29 is 76.8 Å². The van der Waals surface area contributed by atoms with Gasteiger partial charge in [-0.05, 0) is 104 Å². The second-order valence-electron chi connectivity index (χ2n) is 19.2. The molecule has 444 valence electrons. The van der Waals surface area contributed by atoms with Crippen molar-refractivity contribution in [1.82, 2.24) is 49.3 Å². The van der Waals surface area contributed by atoms with Crippen LogP contribution < -0.4 is 41.8 Å². The molecule has 0 spiro atoms. The molecule has 81 heavy (non-hydrogen) atoms. The first kappa shape index (κ1) is 64.4. The van der Waals surface area contributed by atoms with Crippen LogP contribution in [0.2, 0.25) is 10.0 Å². The lowest BCUT2D eigenvalue weighted by atomic mass is 9.92. The number of benzene rings is 2. The van der Waals surface area contributed by atoms with E-state index in [1.807, 2.05) is 0 Å². The molecule has 6 aromatic rings. The fourth-order valence-electron chi connectivity index (χ4n) is 7.77. The van der Waals surface area contributed by atoms with Crippen LogP contribution >= 0.6 is 49.1 Å². The molecule has 0 aliphatic carbocycles. The molecule has 8 rings (SSSR count). The number of nitrogens with one attached hydrogen (secondary N) is 4. The third kappa shape index (κ3) is 15.9. The van der Waals surface area contributed by atoms with Gasteiger partial charge in [0.25, 0.3) is 11.1 Å². The van der Waals surface area contributed by atoms with E-state index in [0.717, 1.165) is 9.03 Å². The number of ether oxygens (including phenoxy) is 4. The number of fused-ring (bicyclic) bond motifs is 2. The molecule has 35 heteroatoms. The van der Waals surface area contributed by atoms with Gasteiger partial charge < -0.3 is 65.0 Å². The van der Waals surface area contributed by atoms with Crippen molar-refractivity contribution in [3.05, 3.63) is 103 Å². The minimum absolute atomic E-state index is 0.0110. The number of esters is 2. The van der Waals surface area contributed by atoms with Crippen LogP contribution in [0.5, 0.6) is 11.5 Å². The van der Waals surface area contributed by atoms with E-state index in [9.17, 15) is 53.8 Å². The summed E-state index contributed by atoms with van der Waals surface area (Å²) in [6.45, 7) is 7.59. The fraction of sp³-hybridized carbons (Fsp3) is 0.478. The summed E-state index contributed by atoms with van der Waals surface area (Å²) in [5.41, 5.74) is 6.59. The molecule has 4 aromatic heterocycles. The first-order chi connectivity index (χ1) is 37.7. The van der Waals surface area contributed by atoms with Gasteiger partial charge >= 0.3 is 26.6 Å². The van der Waals surface area contributed by atoms with E-state index in [1.165, 1.54) is 76.5 Å². The van der Waals surface area contributed by atoms with Crippen molar-refractivity contribution in [3.63, 3.8) is 0 Å². The first-order valence-electron chi connectivity index (χ1n) is 24.4. The Hall–Kier alpha value is -5.79. The molecule has 2 aliphatic heterocycles. The second kappa shape index (κ2) is 26.2. The zero-order valence-electron chi connectivity index (χ0n) is 44.4. The van der Waals surface area contributed by atoms with E-state index < -0.39 is 117 Å². The zero-order chi connectivity index (χ0) is 60.1. The highest BCUT2D eigenvalue weighted by molar-refractivity contribution is 7.84. The number of anilines is 2. The number of aromatic nitrogens is 8. The number of aliphatic hydroxyl groups excluding tert-OH is 3. The van der Waals surface area contributed by atoms with Crippen LogP contribution in [0.3, 0.4) is 0 Å². The summed E-state index contributed by atoms with van der Waals surface area (Å²) in [6.07, 6.45) is -5.67. The molecule has 0 radical (unpaired) electrons. The van der Waals surface area contributed by atoms with Crippen molar-refractivity contribution in [2.24, 2.45) is 0 Å². The number of nitrogen functional groups attached to an aromatic ring is 2. The summed E-state index contributed by atoms with van der Waals surface area (Å²) >= 11 is 17.4. The van der Waals surface area contributed by atoms with Gasteiger partial charge in [-0.2, -0.15) is 5.09 Å². The highest BCUT2D eigenvalue weighted by Gasteiger charge is 2.56. The number of hydrogen-bond donors (Lipinski definition) is 11. The van der Waals surface area contributed by atoms with Gasteiger partial charge in [0.1, 0.15) is 71.4 Å². The van der Waals surface area contributed by atoms with Crippen molar-refractivity contribution in [3.8, 4) is 11.5 Å². The van der Waals surface area contributed by atoms with E-state index in [0.29, 0.717) is 10.0 Å². The van der Waals surface area contributed by atoms with Gasteiger partial charge in [-0.1, -0.05) is 23.2 Å². The number of halogens is 3. The molecule has 2 unspecified atom stereocenters. The molecule has 2 aromatic carbocycles. The number of aromatic amines is 2. The number of aliphatic hydroxyl groups is 5. The number of nitrogens with two attached hydrogens (primary N) is 2. The third-order valence-electron chi connectivity index (χ3n) is 11.7. The van der Waals surface area contributed by atoms with Crippen LogP contribution in [0.15, 0.2) is 70.5 Å². The second-order valence-corrected chi connectivity index (χ2v) is 24.5. The average molecular weight is 1240 g/mol. The molecule has 2 fully saturated rings. The predicted octanol–water partition coefficient (Wildman–Crippen LogP) is 2.88. The van der Waals surface area contributed by atoms with E-state index in [4.69, 9.17) is 78.4 Å². The van der Waals surface area contributed by atoms with Crippen molar-refractivity contribution in [2.45, 2.75) is 128 Å². The molecular formula is C46H61Cl3N12O18P2. The Balaban J connectivity index is 0.000000216. The summed E-state index contributed by atoms with van der Waals surface area (Å²) in [5, 5.41) is 65.4. The fourth-order valence-corrected chi connectivity index (χ4v) is 11.2. The monoisotopic (exact) mass is 1240 g/mol. The lowest BCUT2D eigenvalue weighted by Crippen LogP contribution is -2.44. The maximum Gasteiger partial charge on any atom is 0.459 e. The van der Waals surface area contributed by atoms with Crippen LogP contribution in [-0.2, 0) is 42.2 Å². The number of nitrogens with zero attached hydrogens (tertiary/aromatic N) is 6. The topological polar surface area (TPSA) is 436 Å². The van der Waals surface area contributed by atoms with E-state index in [1.54, 1.807) is 39.8 Å². The SMILES string of the molecule is CC(C)OC(=O)[C@H](C)NP(=O)(Cl)Oc1ccc(Cl)cc1.CC(C)OC(=O)[C@H](C)NP(=O)(OC[C@H]1O[C@@H](c2ncc3c(=O)[nH]c(N)nn23)[C@](C)(O)[C@@H]1O)Oc1ccc(Cl)cc1.C[C@@]1(O)[C@H](O)[C@@H](CO)O[C@H]1c1ncc2c(=O)[nH]c(N)nn12. The number of imidazole rings is 2. The number of H-pyrrole nitrogens is 2. The van der Waals surface area contributed by atoms with Gasteiger partial charge in [0.05, 0.1) is 37.8 Å². The summed E-state index contributed by atoms with van der Waals surface area (Å²) in [6, 6.07) is 10.1. The maximum absolute atomic E-state index is 13.8. The van der Waals surface area contributed by atoms with Crippen molar-refractivity contribution >= 4 is 83.9 Å². The zero-order valence-corrected chi connectivity index (χ0v) is 48.4. The molecule has 12 atom stereocenters. The minimum Gasteiger partial charge on any atom is -0.462 e. The molecule has 13 N–H and O–H groups in total. The smallest absolute Gasteiger partial charge is 0.459 e. The molecule has 6 heterocycles. The van der Waals surface area contributed by atoms with Gasteiger partial charge in [-0.3, -0.25) is 33.7 Å². The normalized spacial score (nSPS) is 24.8. The summed E-state index contributed by atoms with van der Waals surface area (Å²) in [7, 11) is -4.32. The van der Waals surface area contributed by atoms with Gasteiger partial charge in [-0.25, -0.2) is 33.2 Å². The van der Waals surface area contributed by atoms with E-state index >= 15 is 0 Å². The van der Waals surface area contributed by atoms with E-state index in [2.05, 4.69) is 40.3 Å². The molecule has 0 bridgehead atoms. The van der Waals surface area contributed by atoms with Gasteiger partial charge in [-0.15, -0.1) is 10.2 Å². The van der Waals surface area contributed by atoms with Gasteiger partial charge in [0, 0.05) is 21.3 Å². The van der Waals surface area contributed by atoms with Gasteiger partial charge in [0.2, 0.25) is 11.9 Å². The Labute approximate surface area is 475 Å². The minimum atomic E-state index is -4.32. The lowest BCUT2D eigenvalue weighted by molar-refractivity contribution is -0.149. The standard InChI is InChI=1S/C23H30ClN6O9P.C12H16Cl2NO4P.C11H15N5O5/c1-11(2)37-21(33)12(3)29-40(35,39-14-7-5-13(24)6-8-14)36-10-16-17(31)23(4,34)18(38-16)19-26-9-15-20(32)27-22(25)28-30(15)19;1-8(2)18-12(16)9(3)15-20(14,17)19-11-6-4-10(13)5-7-11;1-11(20)6(18)5(3-17)21-7(11)8-13-2-4-9(19)14-10(12)15-16(4)8/h5-9,11-12,16-18,31,34H,10H2,1-4H3,(H,29,35)(H3,25,27,28,32);4-9H,1-3H3,(H,15,17);2,5-7,17-18,20H,3H2,1H3,(H3,12,14,15,19)/t12-,16+,17+,18-,23+,40?;9-,20?;5-,6-,7+,11-/m001/s1. The highest BCUT2D eigenvalue weighted by Crippen LogP contribution is 2.50. The Morgan fingerprint density at radius 1 is 0.716 bits per heavy atom. The van der Waals surface area contributed by atoms with Crippen LogP contribution in [-0.4, -0.2) is 150 Å². The molecular weight excluding hydrogens is 1180 g/mol. The van der Waals surface area contributed by atoms with Crippen LogP contribution in [0.25, 0.3) is 11.0 Å². The Bertz CT molecular complexity index is 3390. The molecule has 2 saturated heterocycles. The highest BCUT2D eigenvalue weighted by atomic mass is 35.7. The summed E-state index contributed by atoms with van der Waals surface area (Å²) < 4.78 is 65.8. The summed E-state index contributed by atoms with van der Waals surface area (Å²) in [4.78, 5) is 60.7. The van der Waals surface area contributed by atoms with Crippen molar-refractivity contribution in [2.75, 3.05) is 24.7 Å². The Morgan fingerprint density at radius 3 is 1.52 bits per heavy atom. The van der Waals surface area contributed by atoms with Crippen LogP contribution in [0.1, 0.15) is 79.2 Å². The predicted molar refractivity (Wildman–Crippen MR) is 290 cm³/mol. The van der Waals surface area contributed by atoms with Crippen LogP contribution in [0, 0.1) is 0 Å². The first-order valence-corrected chi connectivity index (χ1v) is 29.2. The summed E-state index contributed by atoms with van der Waals surface area (Å²) in [5.74, 6) is -1.09. The van der Waals surface area contributed by atoms with Gasteiger partial charge in [0.15, 0.2) is 22.7 Å². The van der Waals surface area contributed by atoms with E-state index in [-0.39, 0.29) is 52.2 Å². The Kier molecular flexibility index (Phi) is 20.8. The number of hydrogen-bond acceptors (Lipinski definition) is 24. The third-order valence-corrected chi connectivity index (χ3v) is 15.5. The number of rotatable bonds is 18. The maximum atomic E-state index is 13.8. The largest absolute Gasteiger partial charge is 0.462 e. The van der Waals surface area contributed by atoms with Crippen molar-refractivity contribution in [1.29, 1.82) is 0 Å². The molecule has 30 nitrogen and oxygen atoms in total. The molecule has 0 amide bonds. The average Bonchev–Trinajstić information content (AvgIpc) is 4.32. The number of carbonyl (C=O) groups excluding carboxylic acids is 2. The van der Waals surface area contributed by atoms with Crippen LogP contribution in [0.4, 0.5) is 11.9 Å².